The maximum absolute atomic E-state index is 12.2. The third-order valence-electron chi connectivity index (χ3n) is 1.11. The molecule has 2 aromatic heterocycles. The molecule has 0 unspecified atom stereocenters. The normalized spacial score (nSPS) is 10.8. The fraction of sp³-hybridized carbons (Fsp3) is 0. The molecule has 0 amide bonds. The molecule has 1 nitrogen and oxygen atoms in total. The van der Waals surface area contributed by atoms with Crippen molar-refractivity contribution in [2.45, 2.75) is 0 Å². The van der Waals surface area contributed by atoms with Gasteiger partial charge in [0.15, 0.2) is 0 Å². The van der Waals surface area contributed by atoms with E-state index < -0.39 is 6.01 Å². The second-order valence-corrected chi connectivity index (χ2v) is 2.65. The average molecular weight is 142 g/mol. The molecule has 0 saturated carbocycles. The molecule has 0 spiro atoms. The first kappa shape index (κ1) is 4.99. The van der Waals surface area contributed by atoms with Crippen LogP contribution in [0.15, 0.2) is 21.9 Å². The van der Waals surface area contributed by atoms with Gasteiger partial charge in [0.05, 0.1) is 4.70 Å². The summed E-state index contributed by atoms with van der Waals surface area (Å²) in [6, 6.07) is 2.64. The van der Waals surface area contributed by atoms with Crippen molar-refractivity contribution in [2.75, 3.05) is 0 Å². The minimum atomic E-state index is -0.503. The van der Waals surface area contributed by atoms with Gasteiger partial charge in [-0.1, -0.05) is 0 Å². The van der Waals surface area contributed by atoms with Gasteiger partial charge in [-0.25, -0.2) is 0 Å². The molecule has 0 N–H and O–H groups in total. The van der Waals surface area contributed by atoms with Crippen molar-refractivity contribution >= 4 is 21.6 Å². The van der Waals surface area contributed by atoms with Crippen molar-refractivity contribution in [2.24, 2.45) is 0 Å². The molecular formula is C6H3FOS. The molecule has 3 heteroatoms. The Morgan fingerprint density at radius 1 is 1.56 bits per heavy atom. The van der Waals surface area contributed by atoms with Gasteiger partial charge in [-0.05, 0) is 11.4 Å². The third-order valence-corrected chi connectivity index (χ3v) is 1.95. The number of thiophene rings is 1. The van der Waals surface area contributed by atoms with Gasteiger partial charge in [-0.15, -0.1) is 11.3 Å². The summed E-state index contributed by atoms with van der Waals surface area (Å²) in [6.45, 7) is 0. The van der Waals surface area contributed by atoms with E-state index in [2.05, 4.69) is 4.42 Å². The van der Waals surface area contributed by atoms with Crippen molar-refractivity contribution in [1.29, 1.82) is 0 Å². The zero-order valence-electron chi connectivity index (χ0n) is 4.43. The third kappa shape index (κ3) is 0.650. The molecule has 0 aliphatic carbocycles. The molecule has 2 heterocycles. The fourth-order valence-corrected chi connectivity index (χ4v) is 1.46. The van der Waals surface area contributed by atoms with Crippen molar-refractivity contribution in [3.8, 4) is 0 Å². The quantitative estimate of drug-likeness (QED) is 0.551. The minimum absolute atomic E-state index is 0.503. The van der Waals surface area contributed by atoms with E-state index >= 15 is 0 Å². The van der Waals surface area contributed by atoms with Crippen LogP contribution < -0.4 is 0 Å². The second-order valence-electron chi connectivity index (χ2n) is 1.70. The summed E-state index contributed by atoms with van der Waals surface area (Å²) in [6.07, 6.45) is 0. The summed E-state index contributed by atoms with van der Waals surface area (Å²) in [7, 11) is 0. The number of fused-ring (bicyclic) bond motifs is 1. The lowest BCUT2D eigenvalue weighted by molar-refractivity contribution is 0.381. The van der Waals surface area contributed by atoms with Crippen LogP contribution in [0.25, 0.3) is 10.3 Å². The van der Waals surface area contributed by atoms with Gasteiger partial charge in [0.2, 0.25) is 0 Å². The van der Waals surface area contributed by atoms with Gasteiger partial charge in [-0.3, -0.25) is 0 Å². The highest BCUT2D eigenvalue weighted by Gasteiger charge is 2.00. The second kappa shape index (κ2) is 1.57. The Morgan fingerprint density at radius 3 is 3.22 bits per heavy atom. The van der Waals surface area contributed by atoms with E-state index in [4.69, 9.17) is 0 Å². The molecule has 0 radical (unpaired) electrons. The number of hydrogen-bond donors (Lipinski definition) is 0. The molecule has 0 saturated heterocycles. The van der Waals surface area contributed by atoms with Gasteiger partial charge in [0.25, 0.3) is 6.01 Å². The van der Waals surface area contributed by atoms with Crippen molar-refractivity contribution < 1.29 is 8.81 Å². The van der Waals surface area contributed by atoms with E-state index in [0.29, 0.717) is 5.58 Å². The molecule has 46 valence electrons. The van der Waals surface area contributed by atoms with Crippen LogP contribution in [0, 0.1) is 6.01 Å². The van der Waals surface area contributed by atoms with Gasteiger partial charge in [0.1, 0.15) is 5.58 Å². The lowest BCUT2D eigenvalue weighted by Gasteiger charge is -1.69. The van der Waals surface area contributed by atoms with Crippen LogP contribution >= 0.6 is 11.3 Å². The Hall–Kier alpha value is -0.830. The lowest BCUT2D eigenvalue weighted by Crippen LogP contribution is -1.51. The van der Waals surface area contributed by atoms with Crippen LogP contribution in [0.2, 0.25) is 0 Å². The highest BCUT2D eigenvalue weighted by molar-refractivity contribution is 7.17. The van der Waals surface area contributed by atoms with Gasteiger partial charge < -0.3 is 4.42 Å². The lowest BCUT2D eigenvalue weighted by atomic mass is 10.5. The first-order chi connectivity index (χ1) is 4.36. The standard InChI is InChI=1S/C6H3FOS/c7-6-3-5-4(8-6)1-2-9-5/h1-3H. The summed E-state index contributed by atoms with van der Waals surface area (Å²) < 4.78 is 17.7. The Morgan fingerprint density at radius 2 is 2.44 bits per heavy atom. The van der Waals surface area contributed by atoms with Crippen LogP contribution in [0.1, 0.15) is 0 Å². The predicted molar refractivity (Wildman–Crippen MR) is 34.0 cm³/mol. The summed E-state index contributed by atoms with van der Waals surface area (Å²) >= 11 is 1.47. The van der Waals surface area contributed by atoms with Crippen LogP contribution in [-0.2, 0) is 0 Å². The SMILES string of the molecule is Fc1cc2sccc2o1. The maximum Gasteiger partial charge on any atom is 0.279 e. The van der Waals surface area contributed by atoms with E-state index in [0.717, 1.165) is 4.70 Å². The van der Waals surface area contributed by atoms with E-state index in [9.17, 15) is 4.39 Å². The number of furan rings is 1. The zero-order chi connectivity index (χ0) is 6.27. The molecule has 0 fully saturated rings. The van der Waals surface area contributed by atoms with Gasteiger partial charge >= 0.3 is 0 Å². The van der Waals surface area contributed by atoms with E-state index in [1.165, 1.54) is 17.4 Å². The van der Waals surface area contributed by atoms with Crippen molar-refractivity contribution in [1.82, 2.24) is 0 Å². The number of hydrogen-bond acceptors (Lipinski definition) is 2. The van der Waals surface area contributed by atoms with E-state index in [1.807, 2.05) is 5.38 Å². The smallest absolute Gasteiger partial charge is 0.279 e. The topological polar surface area (TPSA) is 13.1 Å². The Bertz CT molecular complexity index is 294. The average Bonchev–Trinajstić information content (AvgIpc) is 2.22. The van der Waals surface area contributed by atoms with Crippen LogP contribution in [0.3, 0.4) is 0 Å². The van der Waals surface area contributed by atoms with Gasteiger partial charge in [0, 0.05) is 6.07 Å². The summed E-state index contributed by atoms with van der Waals surface area (Å²) in [5.41, 5.74) is 0.637. The van der Waals surface area contributed by atoms with Crippen molar-refractivity contribution in [3.05, 3.63) is 23.5 Å². The summed E-state index contributed by atoms with van der Waals surface area (Å²) in [4.78, 5) is 0. The summed E-state index contributed by atoms with van der Waals surface area (Å²) in [5.74, 6) is 0. The minimum Gasteiger partial charge on any atom is -0.430 e. The molecule has 9 heavy (non-hydrogen) atoms. The fourth-order valence-electron chi connectivity index (χ4n) is 0.736. The maximum atomic E-state index is 12.2. The Labute approximate surface area is 54.7 Å². The largest absolute Gasteiger partial charge is 0.430 e. The van der Waals surface area contributed by atoms with Crippen LogP contribution in [0.5, 0.6) is 0 Å². The Balaban J connectivity index is 2.92. The predicted octanol–water partition coefficient (Wildman–Crippen LogP) is 2.63. The number of halogens is 1. The molecular weight excluding hydrogens is 139 g/mol. The Kier molecular flexibility index (Phi) is 0.873. The first-order valence-corrected chi connectivity index (χ1v) is 3.37. The first-order valence-electron chi connectivity index (χ1n) is 2.49. The van der Waals surface area contributed by atoms with Gasteiger partial charge in [-0.2, -0.15) is 4.39 Å². The number of rotatable bonds is 0. The zero-order valence-corrected chi connectivity index (χ0v) is 5.24. The van der Waals surface area contributed by atoms with E-state index in [-0.39, 0.29) is 0 Å². The van der Waals surface area contributed by atoms with Crippen LogP contribution in [0.4, 0.5) is 4.39 Å². The molecule has 2 aromatic rings. The van der Waals surface area contributed by atoms with Crippen molar-refractivity contribution in [3.63, 3.8) is 0 Å². The summed E-state index contributed by atoms with van der Waals surface area (Å²) in [5, 5.41) is 1.87. The molecule has 0 aliphatic heterocycles. The molecule has 2 rings (SSSR count). The highest BCUT2D eigenvalue weighted by atomic mass is 32.1. The molecule has 0 bridgehead atoms. The monoisotopic (exact) mass is 142 g/mol. The van der Waals surface area contributed by atoms with E-state index in [1.54, 1.807) is 6.07 Å². The van der Waals surface area contributed by atoms with Crippen LogP contribution in [-0.4, -0.2) is 0 Å². The molecule has 0 aliphatic rings. The molecule has 0 aromatic carbocycles. The highest BCUT2D eigenvalue weighted by Crippen LogP contribution is 2.23. The molecule has 0 atom stereocenters.